The zero-order valence-electron chi connectivity index (χ0n) is 33.7. The fourth-order valence-corrected chi connectivity index (χ4v) is 6.08. The quantitative estimate of drug-likeness (QED) is 0.0185. The maximum atomic E-state index is 12.4. The molecule has 0 aromatic carbocycles. The van der Waals surface area contributed by atoms with Crippen LogP contribution in [-0.2, 0) is 28.2 Å². The average Bonchev–Trinajstić information content (AvgIpc) is 3.10. The fraction of sp³-hybridized carbons (Fsp3) is 0.767. The molecule has 0 aromatic rings. The van der Waals surface area contributed by atoms with Crippen LogP contribution >= 0.6 is 7.82 Å². The summed E-state index contributed by atoms with van der Waals surface area (Å²) >= 11 is 0. The highest BCUT2D eigenvalue weighted by Crippen LogP contribution is 2.36. The highest BCUT2D eigenvalue weighted by atomic mass is 31.2. The van der Waals surface area contributed by atoms with Crippen LogP contribution in [0.4, 0.5) is 0 Å². The number of phosphoric acid groups is 1. The monoisotopic (exact) mass is 769 g/mol. The van der Waals surface area contributed by atoms with Crippen LogP contribution in [0.1, 0.15) is 181 Å². The molecule has 0 heterocycles. The van der Waals surface area contributed by atoms with Crippen molar-refractivity contribution in [3.63, 3.8) is 0 Å². The second-order valence-corrected chi connectivity index (χ2v) is 15.9. The number of aliphatic hydroxyl groups excluding tert-OH is 1. The van der Waals surface area contributed by atoms with Crippen molar-refractivity contribution in [2.75, 3.05) is 13.2 Å². The Balaban J connectivity index is 4.10. The van der Waals surface area contributed by atoms with Gasteiger partial charge in [-0.1, -0.05) is 172 Å². The summed E-state index contributed by atoms with van der Waals surface area (Å²) in [4.78, 5) is 42.8. The zero-order valence-corrected chi connectivity index (χ0v) is 34.6. The van der Waals surface area contributed by atoms with Crippen LogP contribution in [0.15, 0.2) is 48.6 Å². The molecule has 0 spiro atoms. The van der Waals surface area contributed by atoms with Crippen LogP contribution in [0.3, 0.4) is 0 Å². The van der Waals surface area contributed by atoms with Gasteiger partial charge in [-0.15, -0.1) is 0 Å². The molecule has 0 unspecified atom stereocenters. The third kappa shape index (κ3) is 41.0. The van der Waals surface area contributed by atoms with Gasteiger partial charge in [-0.25, -0.2) is 4.57 Å². The lowest BCUT2D eigenvalue weighted by atomic mass is 10.0. The Labute approximate surface area is 323 Å². The van der Waals surface area contributed by atoms with Gasteiger partial charge < -0.3 is 24.4 Å². The molecule has 0 aliphatic carbocycles. The largest absolute Gasteiger partial charge is 0.469 e. The topological polar surface area (TPSA) is 140 Å². The van der Waals surface area contributed by atoms with Gasteiger partial charge in [0.05, 0.1) is 12.7 Å². The van der Waals surface area contributed by atoms with E-state index < -0.39 is 38.6 Å². The maximum absolute atomic E-state index is 12.4. The van der Waals surface area contributed by atoms with Gasteiger partial charge in [0.15, 0.2) is 6.10 Å². The zero-order chi connectivity index (χ0) is 39.3. The number of hydrogen-bond donors (Lipinski definition) is 3. The molecule has 0 saturated carbocycles. The van der Waals surface area contributed by atoms with Crippen molar-refractivity contribution in [2.24, 2.45) is 5.92 Å². The van der Waals surface area contributed by atoms with Crippen molar-refractivity contribution < 1.29 is 43.0 Å². The molecule has 53 heavy (non-hydrogen) atoms. The first-order valence-electron chi connectivity index (χ1n) is 20.9. The van der Waals surface area contributed by atoms with E-state index in [1.165, 1.54) is 89.9 Å². The number of phosphoric ester groups is 1. The number of carbonyl (C=O) groups is 2. The van der Waals surface area contributed by atoms with Gasteiger partial charge in [-0.05, 0) is 50.9 Å². The number of rotatable bonds is 37. The summed E-state index contributed by atoms with van der Waals surface area (Å²) in [6.07, 6.45) is 40.1. The molecular weight excluding hydrogens is 691 g/mol. The van der Waals surface area contributed by atoms with Crippen LogP contribution in [0.5, 0.6) is 0 Å². The molecule has 2 atom stereocenters. The number of carbonyl (C=O) groups excluding carboxylic acids is 2. The van der Waals surface area contributed by atoms with Crippen LogP contribution in [0.2, 0.25) is 0 Å². The average molecular weight is 769 g/mol. The maximum Gasteiger partial charge on any atom is 0.469 e. The SMILES string of the molecule is CCCCC/C=C\C/C=C\C/C=C\C=C\[C@H](O)CCCC(=O)O[C@H](COC(=O)CCCCCCCCCCCCCCCCC(C)C)COP(=O)(O)O. The van der Waals surface area contributed by atoms with Gasteiger partial charge in [-0.2, -0.15) is 0 Å². The van der Waals surface area contributed by atoms with Crippen molar-refractivity contribution >= 4 is 19.8 Å². The van der Waals surface area contributed by atoms with Crippen LogP contribution in [-0.4, -0.2) is 52.3 Å². The molecule has 3 N–H and O–H groups in total. The Morgan fingerprint density at radius 1 is 0.623 bits per heavy atom. The smallest absolute Gasteiger partial charge is 0.462 e. The number of aliphatic hydroxyl groups is 1. The first-order chi connectivity index (χ1) is 25.5. The lowest BCUT2D eigenvalue weighted by molar-refractivity contribution is -0.161. The number of hydrogen-bond acceptors (Lipinski definition) is 7. The summed E-state index contributed by atoms with van der Waals surface area (Å²) in [5.41, 5.74) is 0. The third-order valence-electron chi connectivity index (χ3n) is 8.88. The summed E-state index contributed by atoms with van der Waals surface area (Å²) in [7, 11) is -4.81. The van der Waals surface area contributed by atoms with Crippen LogP contribution in [0.25, 0.3) is 0 Å². The standard InChI is InChI=1S/C43H77O9P/c1-4-5-6-7-8-9-10-13-17-20-23-26-29-33-40(44)34-31-36-43(46)52-41(38-51-53(47,48)49)37-50-42(45)35-30-27-24-21-18-15-12-11-14-16-19-22-25-28-32-39(2)3/h8-9,13,17,23,26,29,33,39-41,44H,4-7,10-12,14-16,18-22,24-25,27-28,30-32,34-38H2,1-3H3,(H2,47,48,49)/b9-8-,17-13-,26-23-,33-29+/t40-,41+/m0/s1. The molecule has 0 rings (SSSR count). The molecule has 0 aliphatic heterocycles. The predicted octanol–water partition coefficient (Wildman–Crippen LogP) is 11.6. The first kappa shape index (κ1) is 51.0. The molecule has 0 aliphatic rings. The molecule has 0 aromatic heterocycles. The lowest BCUT2D eigenvalue weighted by Gasteiger charge is -2.18. The van der Waals surface area contributed by atoms with Crippen LogP contribution in [0, 0.1) is 5.92 Å². The minimum atomic E-state index is -4.81. The molecule has 0 saturated heterocycles. The Kier molecular flexibility index (Phi) is 35.5. The molecule has 0 amide bonds. The lowest BCUT2D eigenvalue weighted by Crippen LogP contribution is -2.29. The second kappa shape index (κ2) is 36.9. The van der Waals surface area contributed by atoms with Gasteiger partial charge in [0.2, 0.25) is 0 Å². The highest BCUT2D eigenvalue weighted by Gasteiger charge is 2.23. The van der Waals surface area contributed by atoms with Gasteiger partial charge in [-0.3, -0.25) is 14.1 Å². The van der Waals surface area contributed by atoms with Gasteiger partial charge in [0.1, 0.15) is 6.61 Å². The van der Waals surface area contributed by atoms with E-state index in [9.17, 15) is 19.3 Å². The Bertz CT molecular complexity index is 1030. The molecule has 0 radical (unpaired) electrons. The van der Waals surface area contributed by atoms with E-state index >= 15 is 0 Å². The van der Waals surface area contributed by atoms with E-state index in [0.29, 0.717) is 19.3 Å². The highest BCUT2D eigenvalue weighted by molar-refractivity contribution is 7.46. The molecule has 0 bridgehead atoms. The Morgan fingerprint density at radius 2 is 1.17 bits per heavy atom. The third-order valence-corrected chi connectivity index (χ3v) is 9.37. The van der Waals surface area contributed by atoms with Crippen molar-refractivity contribution in [2.45, 2.75) is 193 Å². The number of unbranched alkanes of at least 4 members (excludes halogenated alkanes) is 16. The number of allylic oxidation sites excluding steroid dienone is 7. The van der Waals surface area contributed by atoms with E-state index in [0.717, 1.165) is 44.4 Å². The summed E-state index contributed by atoms with van der Waals surface area (Å²) in [5.74, 6) is -0.261. The molecule has 9 nitrogen and oxygen atoms in total. The minimum Gasteiger partial charge on any atom is -0.462 e. The van der Waals surface area contributed by atoms with E-state index in [-0.39, 0.29) is 19.4 Å². The van der Waals surface area contributed by atoms with Crippen molar-refractivity contribution in [3.8, 4) is 0 Å². The number of ether oxygens (including phenoxy) is 2. The summed E-state index contributed by atoms with van der Waals surface area (Å²) in [5, 5.41) is 10.2. The predicted molar refractivity (Wildman–Crippen MR) is 217 cm³/mol. The molecule has 0 fully saturated rings. The summed E-state index contributed by atoms with van der Waals surface area (Å²) in [6.45, 7) is 5.83. The first-order valence-corrected chi connectivity index (χ1v) is 22.4. The van der Waals surface area contributed by atoms with E-state index in [1.54, 1.807) is 12.2 Å². The molecule has 308 valence electrons. The minimum absolute atomic E-state index is 0.0162. The van der Waals surface area contributed by atoms with E-state index in [1.807, 2.05) is 12.2 Å². The Hall–Kier alpha value is -2.03. The Morgan fingerprint density at radius 3 is 1.75 bits per heavy atom. The number of esters is 2. The normalized spacial score (nSPS) is 13.6. The van der Waals surface area contributed by atoms with E-state index in [2.05, 4.69) is 49.6 Å². The second-order valence-electron chi connectivity index (χ2n) is 14.6. The van der Waals surface area contributed by atoms with Crippen LogP contribution < -0.4 is 0 Å². The van der Waals surface area contributed by atoms with Gasteiger partial charge in [0, 0.05) is 12.8 Å². The van der Waals surface area contributed by atoms with Gasteiger partial charge in [0.25, 0.3) is 0 Å². The van der Waals surface area contributed by atoms with Crippen molar-refractivity contribution in [3.05, 3.63) is 48.6 Å². The summed E-state index contributed by atoms with van der Waals surface area (Å²) < 4.78 is 26.3. The summed E-state index contributed by atoms with van der Waals surface area (Å²) in [6, 6.07) is 0. The fourth-order valence-electron chi connectivity index (χ4n) is 5.72. The van der Waals surface area contributed by atoms with Crippen molar-refractivity contribution in [1.82, 2.24) is 0 Å². The van der Waals surface area contributed by atoms with E-state index in [4.69, 9.17) is 19.3 Å². The van der Waals surface area contributed by atoms with Crippen molar-refractivity contribution in [1.29, 1.82) is 0 Å². The molecular formula is C43H77O9P. The molecule has 10 heteroatoms. The van der Waals surface area contributed by atoms with Gasteiger partial charge >= 0.3 is 19.8 Å².